The molecule has 1 aliphatic carbocycles. The van der Waals surface area contributed by atoms with Crippen LogP contribution in [0, 0.1) is 5.92 Å². The van der Waals surface area contributed by atoms with Crippen molar-refractivity contribution in [2.45, 2.75) is 44.4 Å². The molecular weight excluding hydrogens is 248 g/mol. The van der Waals surface area contributed by atoms with Gasteiger partial charge >= 0.3 is 5.97 Å². The van der Waals surface area contributed by atoms with Crippen molar-refractivity contribution in [3.05, 3.63) is 34.9 Å². The van der Waals surface area contributed by atoms with E-state index in [2.05, 4.69) is 0 Å². The van der Waals surface area contributed by atoms with E-state index >= 15 is 0 Å². The molecule has 2 rings (SSSR count). The summed E-state index contributed by atoms with van der Waals surface area (Å²) >= 11 is 5.93. The second kappa shape index (κ2) is 6.24. The summed E-state index contributed by atoms with van der Waals surface area (Å²) in [6, 6.07) is 7.23. The Morgan fingerprint density at radius 2 is 2.11 bits per heavy atom. The van der Waals surface area contributed by atoms with Crippen molar-refractivity contribution in [1.29, 1.82) is 0 Å². The van der Waals surface area contributed by atoms with Crippen LogP contribution in [0.2, 0.25) is 5.02 Å². The molecule has 1 aromatic carbocycles. The van der Waals surface area contributed by atoms with Gasteiger partial charge in [0.05, 0.1) is 5.92 Å². The zero-order valence-electron chi connectivity index (χ0n) is 10.4. The van der Waals surface area contributed by atoms with Gasteiger partial charge in [0.1, 0.15) is 0 Å². The number of rotatable bonds is 5. The van der Waals surface area contributed by atoms with Crippen molar-refractivity contribution >= 4 is 17.6 Å². The van der Waals surface area contributed by atoms with Gasteiger partial charge in [0.2, 0.25) is 0 Å². The first-order valence-corrected chi connectivity index (χ1v) is 7.03. The van der Waals surface area contributed by atoms with Gasteiger partial charge in [-0.25, -0.2) is 0 Å². The maximum atomic E-state index is 11.4. The Kier molecular flexibility index (Phi) is 4.65. The molecule has 1 aromatic rings. The molecule has 0 radical (unpaired) electrons. The van der Waals surface area contributed by atoms with E-state index in [0.29, 0.717) is 5.02 Å². The van der Waals surface area contributed by atoms with Crippen LogP contribution >= 0.6 is 11.6 Å². The Hall–Kier alpha value is -1.02. The van der Waals surface area contributed by atoms with Gasteiger partial charge in [0.25, 0.3) is 0 Å². The third-order valence-electron chi connectivity index (χ3n) is 3.89. The lowest BCUT2D eigenvalue weighted by Gasteiger charge is -2.15. The van der Waals surface area contributed by atoms with Gasteiger partial charge in [-0.05, 0) is 36.5 Å². The number of hydrogen-bond acceptors (Lipinski definition) is 1. The highest BCUT2D eigenvalue weighted by atomic mass is 35.5. The molecular formula is C15H19ClO2. The van der Waals surface area contributed by atoms with Crippen molar-refractivity contribution in [3.63, 3.8) is 0 Å². The third-order valence-corrected chi connectivity index (χ3v) is 4.12. The molecule has 1 atom stereocenters. The van der Waals surface area contributed by atoms with Crippen LogP contribution in [-0.2, 0) is 4.79 Å². The van der Waals surface area contributed by atoms with E-state index in [1.165, 1.54) is 25.7 Å². The molecule has 1 unspecified atom stereocenters. The van der Waals surface area contributed by atoms with Gasteiger partial charge in [-0.2, -0.15) is 0 Å². The van der Waals surface area contributed by atoms with Crippen LogP contribution in [0.3, 0.4) is 0 Å². The van der Waals surface area contributed by atoms with Gasteiger partial charge in [0, 0.05) is 5.02 Å². The second-order valence-electron chi connectivity index (χ2n) is 5.17. The molecule has 98 valence electrons. The zero-order chi connectivity index (χ0) is 13.0. The number of carboxylic acid groups (broad SMARTS) is 1. The van der Waals surface area contributed by atoms with Crippen LogP contribution in [0.4, 0.5) is 0 Å². The maximum absolute atomic E-state index is 11.4. The quantitative estimate of drug-likeness (QED) is 0.853. The van der Waals surface area contributed by atoms with Gasteiger partial charge < -0.3 is 5.11 Å². The van der Waals surface area contributed by atoms with Crippen molar-refractivity contribution in [1.82, 2.24) is 0 Å². The third kappa shape index (κ3) is 3.49. The summed E-state index contributed by atoms with van der Waals surface area (Å²) in [5.74, 6) is -0.425. The molecule has 0 saturated heterocycles. The molecule has 0 aliphatic heterocycles. The predicted molar refractivity (Wildman–Crippen MR) is 73.0 cm³/mol. The van der Waals surface area contributed by atoms with Crippen molar-refractivity contribution < 1.29 is 9.90 Å². The molecule has 2 nitrogen and oxygen atoms in total. The summed E-state index contributed by atoms with van der Waals surface area (Å²) in [7, 11) is 0. The normalized spacial score (nSPS) is 17.8. The SMILES string of the molecule is O=C(O)C(CCC1CCCC1)c1cccc(Cl)c1. The van der Waals surface area contributed by atoms with Crippen LogP contribution in [0.25, 0.3) is 0 Å². The lowest BCUT2D eigenvalue weighted by atomic mass is 9.90. The van der Waals surface area contributed by atoms with Crippen LogP contribution in [-0.4, -0.2) is 11.1 Å². The Balaban J connectivity index is 2.01. The average Bonchev–Trinajstić information content (AvgIpc) is 2.82. The van der Waals surface area contributed by atoms with E-state index in [0.717, 1.165) is 24.3 Å². The topological polar surface area (TPSA) is 37.3 Å². The van der Waals surface area contributed by atoms with E-state index < -0.39 is 11.9 Å². The summed E-state index contributed by atoms with van der Waals surface area (Å²) in [6.45, 7) is 0. The fourth-order valence-electron chi connectivity index (χ4n) is 2.86. The number of carboxylic acids is 1. The molecule has 1 saturated carbocycles. The first-order chi connectivity index (χ1) is 8.66. The molecule has 1 N–H and O–H groups in total. The van der Waals surface area contributed by atoms with E-state index in [1.54, 1.807) is 12.1 Å². The summed E-state index contributed by atoms with van der Waals surface area (Å²) in [6.07, 6.45) is 6.88. The standard InChI is InChI=1S/C15H19ClO2/c16-13-7-3-6-12(10-13)14(15(17)18)9-8-11-4-1-2-5-11/h3,6-7,10-11,14H,1-2,4-5,8-9H2,(H,17,18). The molecule has 1 aliphatic rings. The molecule has 0 amide bonds. The molecule has 0 aromatic heterocycles. The van der Waals surface area contributed by atoms with Crippen molar-refractivity contribution in [2.75, 3.05) is 0 Å². The smallest absolute Gasteiger partial charge is 0.310 e. The Morgan fingerprint density at radius 3 is 2.72 bits per heavy atom. The highest BCUT2D eigenvalue weighted by Crippen LogP contribution is 2.32. The van der Waals surface area contributed by atoms with Gasteiger partial charge in [-0.15, -0.1) is 0 Å². The van der Waals surface area contributed by atoms with Crippen LogP contribution < -0.4 is 0 Å². The minimum atomic E-state index is -0.740. The van der Waals surface area contributed by atoms with Crippen molar-refractivity contribution in [2.24, 2.45) is 5.92 Å². The summed E-state index contributed by atoms with van der Waals surface area (Å²) in [5.41, 5.74) is 0.827. The molecule has 0 heterocycles. The van der Waals surface area contributed by atoms with E-state index in [1.807, 2.05) is 12.1 Å². The average molecular weight is 267 g/mol. The van der Waals surface area contributed by atoms with Crippen molar-refractivity contribution in [3.8, 4) is 0 Å². The molecule has 0 bridgehead atoms. The van der Waals surface area contributed by atoms with E-state index in [9.17, 15) is 9.90 Å². The molecule has 3 heteroatoms. The molecule has 0 spiro atoms. The summed E-state index contributed by atoms with van der Waals surface area (Å²) in [5, 5.41) is 9.96. The minimum Gasteiger partial charge on any atom is -0.481 e. The van der Waals surface area contributed by atoms with Gasteiger partial charge in [-0.3, -0.25) is 4.79 Å². The Bertz CT molecular complexity index is 411. The highest BCUT2D eigenvalue weighted by molar-refractivity contribution is 6.30. The second-order valence-corrected chi connectivity index (χ2v) is 5.61. The first kappa shape index (κ1) is 13.4. The fraction of sp³-hybridized carbons (Fsp3) is 0.533. The predicted octanol–water partition coefficient (Wildman–Crippen LogP) is 4.48. The molecule has 1 fully saturated rings. The largest absolute Gasteiger partial charge is 0.481 e. The van der Waals surface area contributed by atoms with Crippen LogP contribution in [0.15, 0.2) is 24.3 Å². The number of benzene rings is 1. The van der Waals surface area contributed by atoms with Crippen LogP contribution in [0.5, 0.6) is 0 Å². The molecule has 18 heavy (non-hydrogen) atoms. The first-order valence-electron chi connectivity index (χ1n) is 6.65. The van der Waals surface area contributed by atoms with Gasteiger partial charge in [-0.1, -0.05) is 49.4 Å². The lowest BCUT2D eigenvalue weighted by Crippen LogP contribution is -2.13. The minimum absolute atomic E-state index is 0.413. The Labute approximate surface area is 113 Å². The lowest BCUT2D eigenvalue weighted by molar-refractivity contribution is -0.139. The van der Waals surface area contributed by atoms with E-state index in [4.69, 9.17) is 11.6 Å². The Morgan fingerprint density at radius 1 is 1.39 bits per heavy atom. The monoisotopic (exact) mass is 266 g/mol. The van der Waals surface area contributed by atoms with E-state index in [-0.39, 0.29) is 0 Å². The summed E-state index contributed by atoms with van der Waals surface area (Å²) in [4.78, 5) is 11.4. The van der Waals surface area contributed by atoms with Crippen LogP contribution in [0.1, 0.15) is 50.0 Å². The summed E-state index contributed by atoms with van der Waals surface area (Å²) < 4.78 is 0. The number of halogens is 1. The van der Waals surface area contributed by atoms with Gasteiger partial charge in [0.15, 0.2) is 0 Å². The number of carbonyl (C=O) groups is 1. The maximum Gasteiger partial charge on any atom is 0.310 e. The number of hydrogen-bond donors (Lipinski definition) is 1. The zero-order valence-corrected chi connectivity index (χ0v) is 11.2. The number of aliphatic carboxylic acids is 1. The fourth-order valence-corrected chi connectivity index (χ4v) is 3.06. The highest BCUT2D eigenvalue weighted by Gasteiger charge is 2.23.